The summed E-state index contributed by atoms with van der Waals surface area (Å²) >= 11 is 0. The molecule has 0 unspecified atom stereocenters. The normalized spacial score (nSPS) is 12.0. The average Bonchev–Trinajstić information content (AvgIpc) is 2.95. The molecule has 3 aromatic carbocycles. The van der Waals surface area contributed by atoms with Crippen molar-refractivity contribution >= 4 is 24.0 Å². The number of fused-ring (bicyclic) bond motifs is 1. The Morgan fingerprint density at radius 2 is 1.20 bits per heavy atom. The molecule has 3 aromatic rings. The van der Waals surface area contributed by atoms with E-state index in [9.17, 15) is 0 Å². The molecule has 0 saturated carbocycles. The van der Waals surface area contributed by atoms with Crippen molar-refractivity contribution in [3.05, 3.63) is 59.7 Å². The molecule has 164 valence electrons. The first kappa shape index (κ1) is 29.7. The number of rotatable bonds is 2. The van der Waals surface area contributed by atoms with E-state index in [1.54, 1.807) is 0 Å². The van der Waals surface area contributed by atoms with Crippen molar-refractivity contribution in [2.24, 2.45) is 0 Å². The van der Waals surface area contributed by atoms with Crippen LogP contribution in [-0.2, 0) is 36.7 Å². The molecule has 0 amide bonds. The maximum Gasteiger partial charge on any atom is 0.0759 e. The standard InChI is InChI=1S/C26H35Si.2ClH.Hf/c1-25(2,3)22-14-21(15-23(17-22)26(4,5)6)19-12-18-10-11-24(27(7,8)9)16-20(18)13-19;;;/h10-17H,1-9H3;2*1H;/q-1;;;/p-2. The summed E-state index contributed by atoms with van der Waals surface area (Å²) in [4.78, 5) is 0. The predicted molar refractivity (Wildman–Crippen MR) is 125 cm³/mol. The molecule has 0 nitrogen and oxygen atoms in total. The van der Waals surface area contributed by atoms with E-state index in [2.05, 4.69) is 110 Å². The van der Waals surface area contributed by atoms with Crippen LogP contribution in [0.2, 0.25) is 19.6 Å². The fraction of sp³-hybridized carbons (Fsp3) is 0.423. The van der Waals surface area contributed by atoms with Gasteiger partial charge in [0, 0.05) is 25.8 Å². The van der Waals surface area contributed by atoms with E-state index in [0.29, 0.717) is 0 Å². The summed E-state index contributed by atoms with van der Waals surface area (Å²) in [6.07, 6.45) is 0. The molecule has 0 aliphatic carbocycles. The van der Waals surface area contributed by atoms with Crippen LogP contribution in [0.4, 0.5) is 0 Å². The van der Waals surface area contributed by atoms with E-state index in [4.69, 9.17) is 0 Å². The molecular formula is C26H35Cl2HfSi-3. The van der Waals surface area contributed by atoms with Gasteiger partial charge in [-0.05, 0) is 22.0 Å². The van der Waals surface area contributed by atoms with Gasteiger partial charge in [-0.3, -0.25) is 0 Å². The van der Waals surface area contributed by atoms with Gasteiger partial charge in [0.1, 0.15) is 0 Å². The van der Waals surface area contributed by atoms with Crippen LogP contribution in [0.5, 0.6) is 0 Å². The van der Waals surface area contributed by atoms with Gasteiger partial charge in [-0.15, -0.1) is 34.5 Å². The van der Waals surface area contributed by atoms with Gasteiger partial charge in [-0.25, -0.2) is 0 Å². The Kier molecular flexibility index (Phi) is 10.0. The maximum absolute atomic E-state index is 2.42. The van der Waals surface area contributed by atoms with Crippen LogP contribution < -0.4 is 30.0 Å². The molecule has 0 fully saturated rings. The molecule has 30 heavy (non-hydrogen) atoms. The second kappa shape index (κ2) is 10.1. The second-order valence-electron chi connectivity index (χ2n) is 11.1. The minimum absolute atomic E-state index is 0. The topological polar surface area (TPSA) is 0 Å². The Labute approximate surface area is 216 Å². The van der Waals surface area contributed by atoms with E-state index < -0.39 is 8.07 Å². The fourth-order valence-corrected chi connectivity index (χ4v) is 4.67. The van der Waals surface area contributed by atoms with Gasteiger partial charge in [0.25, 0.3) is 0 Å². The Hall–Kier alpha value is -0.283. The number of halogens is 2. The molecule has 0 aliphatic rings. The minimum Gasteiger partial charge on any atom is -1.00 e. The van der Waals surface area contributed by atoms with Crippen molar-refractivity contribution in [1.82, 2.24) is 0 Å². The number of hydrogen-bond donors (Lipinski definition) is 0. The fourth-order valence-electron chi connectivity index (χ4n) is 3.50. The number of benzene rings is 2. The summed E-state index contributed by atoms with van der Waals surface area (Å²) in [6.45, 7) is 21.1. The monoisotopic (exact) mass is 625 g/mol. The van der Waals surface area contributed by atoms with Crippen LogP contribution in [-0.4, -0.2) is 8.07 Å². The molecule has 0 aromatic heterocycles. The predicted octanol–water partition coefficient (Wildman–Crippen LogP) is 1.37. The maximum atomic E-state index is 2.42. The summed E-state index contributed by atoms with van der Waals surface area (Å²) in [5, 5.41) is 4.26. The SMILES string of the molecule is CC(C)(C)c1cc(-c2cc3cc([Si](C)(C)C)ccc3[cH-]2)cc(C(C)(C)C)c1.[Cl-].[Cl-].[Hf]. The molecule has 0 aliphatic heterocycles. The Morgan fingerprint density at radius 1 is 0.700 bits per heavy atom. The molecule has 0 bridgehead atoms. The molecular weight excluding hydrogens is 590 g/mol. The van der Waals surface area contributed by atoms with Crippen molar-refractivity contribution in [1.29, 1.82) is 0 Å². The third-order valence-corrected chi connectivity index (χ3v) is 7.62. The molecule has 0 spiro atoms. The zero-order valence-corrected chi connectivity index (χ0v) is 26.0. The number of hydrogen-bond acceptors (Lipinski definition) is 0. The molecule has 4 heteroatoms. The van der Waals surface area contributed by atoms with Gasteiger partial charge in [-0.1, -0.05) is 102 Å². The average molecular weight is 625 g/mol. The van der Waals surface area contributed by atoms with Crippen molar-refractivity contribution in [2.75, 3.05) is 0 Å². The second-order valence-corrected chi connectivity index (χ2v) is 16.2. The summed E-state index contributed by atoms with van der Waals surface area (Å²) in [5.74, 6) is 0. The zero-order chi connectivity index (χ0) is 20.2. The van der Waals surface area contributed by atoms with Gasteiger partial charge in [0.15, 0.2) is 0 Å². The van der Waals surface area contributed by atoms with E-state index in [0.717, 1.165) is 0 Å². The smallest absolute Gasteiger partial charge is 0.0759 e. The van der Waals surface area contributed by atoms with E-state index in [1.807, 2.05) is 0 Å². The van der Waals surface area contributed by atoms with Gasteiger partial charge in [-0.2, -0.15) is 0 Å². The largest absolute Gasteiger partial charge is 1.00 e. The summed E-state index contributed by atoms with van der Waals surface area (Å²) in [7, 11) is -1.29. The van der Waals surface area contributed by atoms with E-state index in [-0.39, 0.29) is 61.5 Å². The minimum atomic E-state index is -1.29. The quantitative estimate of drug-likeness (QED) is 0.299. The van der Waals surface area contributed by atoms with Crippen LogP contribution >= 0.6 is 0 Å². The summed E-state index contributed by atoms with van der Waals surface area (Å²) < 4.78 is 0. The molecule has 3 rings (SSSR count). The Morgan fingerprint density at radius 3 is 1.63 bits per heavy atom. The zero-order valence-electron chi connectivity index (χ0n) is 19.9. The summed E-state index contributed by atoms with van der Waals surface area (Å²) in [5.41, 5.74) is 5.81. The third-order valence-electron chi connectivity index (χ3n) is 5.57. The van der Waals surface area contributed by atoms with Crippen molar-refractivity contribution in [3.63, 3.8) is 0 Å². The first-order valence-corrected chi connectivity index (χ1v) is 13.6. The van der Waals surface area contributed by atoms with Gasteiger partial charge >= 0.3 is 0 Å². The Balaban J connectivity index is 0.00000280. The molecule has 0 radical (unpaired) electrons. The van der Waals surface area contributed by atoms with Crippen molar-refractivity contribution < 1.29 is 50.7 Å². The van der Waals surface area contributed by atoms with Crippen LogP contribution in [0.3, 0.4) is 0 Å². The van der Waals surface area contributed by atoms with E-state index in [1.165, 1.54) is 38.2 Å². The molecule has 0 saturated heterocycles. The molecule has 0 heterocycles. The van der Waals surface area contributed by atoms with Crippen LogP contribution in [0, 0.1) is 0 Å². The first-order valence-electron chi connectivity index (χ1n) is 10.1. The van der Waals surface area contributed by atoms with Crippen LogP contribution in [0.25, 0.3) is 21.9 Å². The van der Waals surface area contributed by atoms with E-state index >= 15 is 0 Å². The van der Waals surface area contributed by atoms with Crippen molar-refractivity contribution in [3.8, 4) is 11.1 Å². The molecule has 0 atom stereocenters. The van der Waals surface area contributed by atoms with Gasteiger partial charge in [0.05, 0.1) is 8.07 Å². The third kappa shape index (κ3) is 6.61. The Bertz CT molecular complexity index is 951. The van der Waals surface area contributed by atoms with Gasteiger partial charge < -0.3 is 24.8 Å². The van der Waals surface area contributed by atoms with Crippen molar-refractivity contribution in [2.45, 2.75) is 72.0 Å². The van der Waals surface area contributed by atoms with Crippen LogP contribution in [0.1, 0.15) is 52.7 Å². The first-order chi connectivity index (χ1) is 12.2. The van der Waals surface area contributed by atoms with Crippen LogP contribution in [0.15, 0.2) is 48.5 Å². The summed E-state index contributed by atoms with van der Waals surface area (Å²) in [6, 6.07) is 19.0. The van der Waals surface area contributed by atoms with Gasteiger partial charge in [0.2, 0.25) is 0 Å². The molecule has 0 N–H and O–H groups in total.